The van der Waals surface area contributed by atoms with Gasteiger partial charge in [-0.15, -0.1) is 0 Å². The van der Waals surface area contributed by atoms with Crippen LogP contribution in [0.3, 0.4) is 0 Å². The van der Waals surface area contributed by atoms with Crippen molar-refractivity contribution in [3.8, 4) is 0 Å². The molecule has 0 saturated carbocycles. The Morgan fingerprint density at radius 3 is 2.04 bits per heavy atom. The number of para-hydroxylation sites is 1. The third-order valence-corrected chi connectivity index (χ3v) is 6.16. The van der Waals surface area contributed by atoms with Crippen molar-refractivity contribution in [2.24, 2.45) is 0 Å². The number of nitrogens with zero attached hydrogens (tertiary/aromatic N) is 2. The van der Waals surface area contributed by atoms with Gasteiger partial charge in [0.1, 0.15) is 6.54 Å². The summed E-state index contributed by atoms with van der Waals surface area (Å²) in [5.41, 5.74) is 2.30. The highest BCUT2D eigenvalue weighted by atomic mass is 32.2. The zero-order chi connectivity index (χ0) is 19.3. The summed E-state index contributed by atoms with van der Waals surface area (Å²) in [7, 11) is -3.85. The van der Waals surface area contributed by atoms with Crippen molar-refractivity contribution in [3.05, 3.63) is 59.7 Å². The zero-order valence-electron chi connectivity index (χ0n) is 15.8. The van der Waals surface area contributed by atoms with E-state index in [1.165, 1.54) is 4.31 Å². The van der Waals surface area contributed by atoms with E-state index in [9.17, 15) is 13.2 Å². The number of carbonyl (C=O) groups excluding carboxylic acids is 1. The second-order valence-corrected chi connectivity index (χ2v) is 8.04. The van der Waals surface area contributed by atoms with Gasteiger partial charge >= 0.3 is 0 Å². The first kappa shape index (κ1) is 20.0. The molecule has 0 heterocycles. The van der Waals surface area contributed by atoms with E-state index in [0.29, 0.717) is 18.8 Å². The molecule has 2 rings (SSSR count). The summed E-state index contributed by atoms with van der Waals surface area (Å²) >= 11 is 0. The summed E-state index contributed by atoms with van der Waals surface area (Å²) in [6, 6.07) is 13.9. The molecule has 0 N–H and O–H groups in total. The molecule has 0 atom stereocenters. The maximum Gasteiger partial charge on any atom is 0.264 e. The van der Waals surface area contributed by atoms with E-state index in [1.54, 1.807) is 41.3 Å². The molecule has 0 spiro atoms. The molecule has 0 bridgehead atoms. The molecule has 0 saturated heterocycles. The van der Waals surface area contributed by atoms with E-state index < -0.39 is 10.0 Å². The lowest BCUT2D eigenvalue weighted by atomic mass is 10.2. The van der Waals surface area contributed by atoms with Crippen LogP contribution in [0.25, 0.3) is 0 Å². The van der Waals surface area contributed by atoms with Crippen LogP contribution in [0.5, 0.6) is 0 Å². The number of amides is 1. The number of sulfonamides is 1. The van der Waals surface area contributed by atoms with E-state index in [4.69, 9.17) is 0 Å². The summed E-state index contributed by atoms with van der Waals surface area (Å²) < 4.78 is 27.8. The maximum atomic E-state index is 13.3. The number of aryl methyl sites for hydroxylation is 2. The van der Waals surface area contributed by atoms with Crippen molar-refractivity contribution in [2.75, 3.05) is 23.9 Å². The van der Waals surface area contributed by atoms with Gasteiger partial charge in [0.25, 0.3) is 10.0 Å². The van der Waals surface area contributed by atoms with Crippen LogP contribution in [0, 0.1) is 13.8 Å². The molecule has 0 unspecified atom stereocenters. The third-order valence-electron chi connectivity index (χ3n) is 4.39. The third kappa shape index (κ3) is 4.25. The van der Waals surface area contributed by atoms with Crippen LogP contribution >= 0.6 is 0 Å². The summed E-state index contributed by atoms with van der Waals surface area (Å²) in [6.45, 7) is 8.38. The predicted molar refractivity (Wildman–Crippen MR) is 105 cm³/mol. The predicted octanol–water partition coefficient (Wildman–Crippen LogP) is 3.37. The monoisotopic (exact) mass is 374 g/mol. The lowest BCUT2D eigenvalue weighted by Gasteiger charge is -2.28. The SMILES string of the molecule is CCN(CC)C(=O)CN(c1ccccc1C)S(=O)(=O)c1ccc(C)cc1. The van der Waals surface area contributed by atoms with Gasteiger partial charge in [-0.3, -0.25) is 9.10 Å². The van der Waals surface area contributed by atoms with Crippen LogP contribution in [0.4, 0.5) is 5.69 Å². The highest BCUT2D eigenvalue weighted by molar-refractivity contribution is 7.92. The maximum absolute atomic E-state index is 13.3. The molecule has 140 valence electrons. The van der Waals surface area contributed by atoms with Crippen molar-refractivity contribution in [2.45, 2.75) is 32.6 Å². The fourth-order valence-electron chi connectivity index (χ4n) is 2.78. The van der Waals surface area contributed by atoms with Gasteiger partial charge in [-0.05, 0) is 51.5 Å². The normalized spacial score (nSPS) is 11.2. The summed E-state index contributed by atoms with van der Waals surface area (Å²) in [5, 5.41) is 0. The highest BCUT2D eigenvalue weighted by Crippen LogP contribution is 2.27. The molecular weight excluding hydrogens is 348 g/mol. The molecule has 2 aromatic rings. The molecule has 5 nitrogen and oxygen atoms in total. The number of rotatable bonds is 7. The van der Waals surface area contributed by atoms with Crippen molar-refractivity contribution < 1.29 is 13.2 Å². The fraction of sp³-hybridized carbons (Fsp3) is 0.350. The van der Waals surface area contributed by atoms with Gasteiger partial charge in [-0.25, -0.2) is 8.42 Å². The molecule has 0 aliphatic rings. The van der Waals surface area contributed by atoms with Crippen LogP contribution in [-0.4, -0.2) is 38.9 Å². The Labute approximate surface area is 156 Å². The molecule has 0 aliphatic carbocycles. The van der Waals surface area contributed by atoms with Gasteiger partial charge in [0.15, 0.2) is 0 Å². The van der Waals surface area contributed by atoms with Crippen LogP contribution in [-0.2, 0) is 14.8 Å². The number of carbonyl (C=O) groups is 1. The Hall–Kier alpha value is -2.34. The largest absolute Gasteiger partial charge is 0.342 e. The van der Waals surface area contributed by atoms with Gasteiger partial charge in [0, 0.05) is 13.1 Å². The topological polar surface area (TPSA) is 57.7 Å². The van der Waals surface area contributed by atoms with E-state index in [-0.39, 0.29) is 17.3 Å². The number of hydrogen-bond acceptors (Lipinski definition) is 3. The minimum atomic E-state index is -3.85. The van der Waals surface area contributed by atoms with Gasteiger partial charge in [-0.2, -0.15) is 0 Å². The van der Waals surface area contributed by atoms with Crippen molar-refractivity contribution in [1.82, 2.24) is 4.90 Å². The van der Waals surface area contributed by atoms with E-state index >= 15 is 0 Å². The first-order valence-electron chi connectivity index (χ1n) is 8.74. The Balaban J connectivity index is 2.51. The van der Waals surface area contributed by atoms with Crippen LogP contribution in [0.1, 0.15) is 25.0 Å². The van der Waals surface area contributed by atoms with Crippen molar-refractivity contribution in [3.63, 3.8) is 0 Å². The summed E-state index contributed by atoms with van der Waals surface area (Å²) in [4.78, 5) is 14.5. The molecule has 0 radical (unpaired) electrons. The molecule has 6 heteroatoms. The summed E-state index contributed by atoms with van der Waals surface area (Å²) in [6.07, 6.45) is 0. The molecule has 0 aromatic heterocycles. The Morgan fingerprint density at radius 2 is 1.50 bits per heavy atom. The standard InChI is InChI=1S/C20H26N2O3S/c1-5-21(6-2)20(23)15-22(19-10-8-7-9-17(19)4)26(24,25)18-13-11-16(3)12-14-18/h7-14H,5-6,15H2,1-4H3. The average molecular weight is 375 g/mol. The summed E-state index contributed by atoms with van der Waals surface area (Å²) in [5.74, 6) is -0.214. The lowest BCUT2D eigenvalue weighted by molar-refractivity contribution is -0.129. The van der Waals surface area contributed by atoms with Crippen molar-refractivity contribution in [1.29, 1.82) is 0 Å². The van der Waals surface area contributed by atoms with Gasteiger partial charge < -0.3 is 4.90 Å². The second kappa shape index (κ2) is 8.36. The Kier molecular flexibility index (Phi) is 6.42. The molecular formula is C20H26N2O3S. The quantitative estimate of drug-likeness (QED) is 0.747. The second-order valence-electron chi connectivity index (χ2n) is 6.18. The van der Waals surface area contributed by atoms with E-state index in [0.717, 1.165) is 11.1 Å². The molecule has 26 heavy (non-hydrogen) atoms. The van der Waals surface area contributed by atoms with E-state index in [2.05, 4.69) is 0 Å². The minimum absolute atomic E-state index is 0.179. The Morgan fingerprint density at radius 1 is 0.923 bits per heavy atom. The number of benzene rings is 2. The number of hydrogen-bond donors (Lipinski definition) is 0. The molecule has 0 aliphatic heterocycles. The minimum Gasteiger partial charge on any atom is -0.342 e. The van der Waals surface area contributed by atoms with Gasteiger partial charge in [-0.1, -0.05) is 35.9 Å². The highest BCUT2D eigenvalue weighted by Gasteiger charge is 2.29. The fourth-order valence-corrected chi connectivity index (χ4v) is 4.26. The average Bonchev–Trinajstić information content (AvgIpc) is 2.62. The van der Waals surface area contributed by atoms with Crippen LogP contribution in [0.15, 0.2) is 53.4 Å². The molecule has 1 amide bonds. The first-order chi connectivity index (χ1) is 12.3. The Bertz CT molecular complexity index is 857. The lowest BCUT2D eigenvalue weighted by Crippen LogP contribution is -2.43. The van der Waals surface area contributed by atoms with Crippen molar-refractivity contribution >= 4 is 21.6 Å². The number of anilines is 1. The van der Waals surface area contributed by atoms with Crippen LogP contribution in [0.2, 0.25) is 0 Å². The van der Waals surface area contributed by atoms with Gasteiger partial charge in [0.05, 0.1) is 10.6 Å². The smallest absolute Gasteiger partial charge is 0.264 e. The zero-order valence-corrected chi connectivity index (χ0v) is 16.6. The van der Waals surface area contributed by atoms with E-state index in [1.807, 2.05) is 39.8 Å². The number of likely N-dealkylation sites (N-methyl/N-ethyl adjacent to an activating group) is 1. The molecule has 0 fully saturated rings. The molecule has 2 aromatic carbocycles. The van der Waals surface area contributed by atoms with Gasteiger partial charge in [0.2, 0.25) is 5.91 Å². The first-order valence-corrected chi connectivity index (χ1v) is 10.2. The van der Waals surface area contributed by atoms with Crippen LogP contribution < -0.4 is 4.31 Å².